The molecule has 0 aromatic carbocycles. The Labute approximate surface area is 121 Å². The van der Waals surface area contributed by atoms with Gasteiger partial charge in [0.15, 0.2) is 5.60 Å². The van der Waals surface area contributed by atoms with Gasteiger partial charge >= 0.3 is 24.2 Å². The van der Waals surface area contributed by atoms with Crippen molar-refractivity contribution in [2.45, 2.75) is 61.9 Å². The fourth-order valence-corrected chi connectivity index (χ4v) is 1.75. The normalized spacial score (nSPS) is 20.1. The molecule has 2 unspecified atom stereocenters. The molecule has 0 radical (unpaired) electrons. The monoisotopic (exact) mass is 374 g/mol. The Bertz CT molecular complexity index is 366. The molecule has 0 spiro atoms. The van der Waals surface area contributed by atoms with Crippen molar-refractivity contribution in [1.29, 1.82) is 0 Å². The first-order chi connectivity index (χ1) is 9.87. The van der Waals surface area contributed by atoms with Gasteiger partial charge in [-0.25, -0.2) is 8.78 Å². The molecule has 0 heterocycles. The van der Waals surface area contributed by atoms with E-state index in [-0.39, 0.29) is 0 Å². The van der Waals surface area contributed by atoms with Crippen molar-refractivity contribution in [1.82, 2.24) is 0 Å². The Morgan fingerprint density at radius 1 is 0.696 bits per heavy atom. The number of rotatable bonds is 6. The lowest BCUT2D eigenvalue weighted by Crippen LogP contribution is -2.70. The van der Waals surface area contributed by atoms with Gasteiger partial charge in [0, 0.05) is 0 Å². The minimum Gasteiger partial charge on any atom is -0.378 e. The van der Waals surface area contributed by atoms with Crippen molar-refractivity contribution < 1.29 is 57.8 Å². The van der Waals surface area contributed by atoms with Crippen LogP contribution in [0.4, 0.5) is 52.7 Å². The van der Waals surface area contributed by atoms with Crippen LogP contribution in [-0.4, -0.2) is 47.2 Å². The van der Waals surface area contributed by atoms with Crippen molar-refractivity contribution >= 4 is 0 Å². The van der Waals surface area contributed by atoms with Crippen LogP contribution in [0, 0.1) is 0 Å². The topological polar surface area (TPSA) is 20.2 Å². The maximum atomic E-state index is 13.4. The second kappa shape index (κ2) is 6.20. The molecule has 0 fully saturated rings. The van der Waals surface area contributed by atoms with Crippen LogP contribution in [0.5, 0.6) is 0 Å². The summed E-state index contributed by atoms with van der Waals surface area (Å²) in [6, 6.07) is 0. The predicted octanol–water partition coefficient (Wildman–Crippen LogP) is 4.59. The summed E-state index contributed by atoms with van der Waals surface area (Å²) in [6.07, 6.45) is -27.0. The average molecular weight is 374 g/mol. The van der Waals surface area contributed by atoms with Gasteiger partial charge in [-0.05, 0) is 6.42 Å². The number of alkyl halides is 12. The first-order valence-electron chi connectivity index (χ1n) is 5.77. The Balaban J connectivity index is 6.20. The molecule has 23 heavy (non-hydrogen) atoms. The lowest BCUT2D eigenvalue weighted by Gasteiger charge is -2.43. The standard InChI is InChI=1S/C10H10F12O/c1-2-3-6(23,7(13,14)4(11)9(17,18)19)8(15,16)5(12)10(20,21)22/h4-5,23H,2-3H2,1H3. The molecule has 0 bridgehead atoms. The minimum absolute atomic E-state index is 0.721. The van der Waals surface area contributed by atoms with Crippen LogP contribution in [0.15, 0.2) is 0 Å². The molecule has 140 valence electrons. The van der Waals surface area contributed by atoms with Crippen LogP contribution in [0.3, 0.4) is 0 Å². The number of hydrogen-bond donors (Lipinski definition) is 1. The van der Waals surface area contributed by atoms with Gasteiger partial charge in [-0.2, -0.15) is 43.9 Å². The minimum atomic E-state index is -6.48. The number of halogens is 12. The van der Waals surface area contributed by atoms with Crippen molar-refractivity contribution in [2.75, 3.05) is 0 Å². The van der Waals surface area contributed by atoms with Crippen LogP contribution in [0.1, 0.15) is 19.8 Å². The van der Waals surface area contributed by atoms with E-state index in [0.29, 0.717) is 0 Å². The molecule has 1 nitrogen and oxygen atoms in total. The first-order valence-corrected chi connectivity index (χ1v) is 5.77. The van der Waals surface area contributed by atoms with E-state index in [1.165, 1.54) is 0 Å². The highest BCUT2D eigenvalue weighted by molar-refractivity contribution is 5.11. The predicted molar refractivity (Wildman–Crippen MR) is 51.7 cm³/mol. The lowest BCUT2D eigenvalue weighted by molar-refractivity contribution is -0.368. The van der Waals surface area contributed by atoms with Crippen LogP contribution in [-0.2, 0) is 0 Å². The maximum Gasteiger partial charge on any atom is 0.425 e. The van der Waals surface area contributed by atoms with Crippen molar-refractivity contribution in [3.63, 3.8) is 0 Å². The number of hydrogen-bond acceptors (Lipinski definition) is 1. The summed E-state index contributed by atoms with van der Waals surface area (Å²) in [5.74, 6) is -12.9. The Hall–Kier alpha value is -0.880. The van der Waals surface area contributed by atoms with Gasteiger partial charge in [-0.15, -0.1) is 0 Å². The third kappa shape index (κ3) is 3.79. The number of aliphatic hydroxyl groups is 1. The zero-order valence-corrected chi connectivity index (χ0v) is 11.1. The zero-order chi connectivity index (χ0) is 19.1. The van der Waals surface area contributed by atoms with E-state index in [0.717, 1.165) is 6.92 Å². The molecule has 0 rings (SSSR count). The van der Waals surface area contributed by atoms with Gasteiger partial charge < -0.3 is 5.11 Å². The summed E-state index contributed by atoms with van der Waals surface area (Å²) in [4.78, 5) is 0. The zero-order valence-electron chi connectivity index (χ0n) is 11.1. The smallest absolute Gasteiger partial charge is 0.378 e. The van der Waals surface area contributed by atoms with E-state index in [1.54, 1.807) is 0 Å². The molecule has 0 aromatic heterocycles. The van der Waals surface area contributed by atoms with Gasteiger partial charge in [0.1, 0.15) is 0 Å². The van der Waals surface area contributed by atoms with Gasteiger partial charge in [0.25, 0.3) is 12.3 Å². The van der Waals surface area contributed by atoms with Crippen molar-refractivity contribution in [3.05, 3.63) is 0 Å². The van der Waals surface area contributed by atoms with Gasteiger partial charge in [-0.3, -0.25) is 0 Å². The van der Waals surface area contributed by atoms with Gasteiger partial charge in [-0.1, -0.05) is 13.3 Å². The van der Waals surface area contributed by atoms with Crippen molar-refractivity contribution in [3.8, 4) is 0 Å². The van der Waals surface area contributed by atoms with Gasteiger partial charge in [0.2, 0.25) is 0 Å². The summed E-state index contributed by atoms with van der Waals surface area (Å²) in [6.45, 7) is 0.721. The fourth-order valence-electron chi connectivity index (χ4n) is 1.75. The molecule has 0 aliphatic rings. The second-order valence-corrected chi connectivity index (χ2v) is 4.66. The van der Waals surface area contributed by atoms with E-state index in [9.17, 15) is 52.7 Å². The van der Waals surface area contributed by atoms with E-state index in [2.05, 4.69) is 0 Å². The Morgan fingerprint density at radius 3 is 1.13 bits per heavy atom. The van der Waals surface area contributed by atoms with Crippen LogP contribution < -0.4 is 0 Å². The highest BCUT2D eigenvalue weighted by Gasteiger charge is 2.79. The molecule has 0 saturated carbocycles. The largest absolute Gasteiger partial charge is 0.425 e. The Kier molecular flexibility index (Phi) is 5.97. The van der Waals surface area contributed by atoms with Crippen LogP contribution in [0.25, 0.3) is 0 Å². The molecule has 0 aromatic rings. The average Bonchev–Trinajstić information content (AvgIpc) is 2.34. The third-order valence-electron chi connectivity index (χ3n) is 2.93. The molecule has 1 N–H and O–H groups in total. The molecule has 0 amide bonds. The van der Waals surface area contributed by atoms with E-state index < -0.39 is 55.0 Å². The van der Waals surface area contributed by atoms with E-state index >= 15 is 0 Å². The van der Waals surface area contributed by atoms with Crippen molar-refractivity contribution in [2.24, 2.45) is 0 Å². The summed E-state index contributed by atoms with van der Waals surface area (Å²) < 4.78 is 151. The molecule has 0 saturated heterocycles. The molecule has 13 heteroatoms. The highest BCUT2D eigenvalue weighted by Crippen LogP contribution is 2.53. The van der Waals surface area contributed by atoms with Crippen LogP contribution >= 0.6 is 0 Å². The Morgan fingerprint density at radius 2 is 0.957 bits per heavy atom. The summed E-state index contributed by atoms with van der Waals surface area (Å²) >= 11 is 0. The second-order valence-electron chi connectivity index (χ2n) is 4.66. The SMILES string of the molecule is CCCC(O)(C(F)(F)C(F)C(F)(F)F)C(F)(F)C(F)C(F)(F)F. The van der Waals surface area contributed by atoms with E-state index in [1.807, 2.05) is 0 Å². The third-order valence-corrected chi connectivity index (χ3v) is 2.93. The maximum absolute atomic E-state index is 13.4. The molecular formula is C10H10F12O. The lowest BCUT2D eigenvalue weighted by atomic mass is 9.79. The molecule has 0 aliphatic heterocycles. The summed E-state index contributed by atoms with van der Waals surface area (Å²) in [5.41, 5.74) is -5.56. The summed E-state index contributed by atoms with van der Waals surface area (Å²) in [5, 5.41) is 9.15. The quantitative estimate of drug-likeness (QED) is 0.675. The molecular weight excluding hydrogens is 364 g/mol. The summed E-state index contributed by atoms with van der Waals surface area (Å²) in [7, 11) is 0. The highest BCUT2D eigenvalue weighted by atomic mass is 19.4. The van der Waals surface area contributed by atoms with Crippen LogP contribution in [0.2, 0.25) is 0 Å². The fraction of sp³-hybridized carbons (Fsp3) is 1.00. The van der Waals surface area contributed by atoms with Gasteiger partial charge in [0.05, 0.1) is 0 Å². The first kappa shape index (κ1) is 22.1. The molecule has 2 atom stereocenters. The van der Waals surface area contributed by atoms with E-state index in [4.69, 9.17) is 5.11 Å². The molecule has 0 aliphatic carbocycles.